The van der Waals surface area contributed by atoms with E-state index in [2.05, 4.69) is 15.3 Å². The summed E-state index contributed by atoms with van der Waals surface area (Å²) in [6, 6.07) is 6.03. The summed E-state index contributed by atoms with van der Waals surface area (Å²) in [4.78, 5) is 19.6. The molecule has 0 aliphatic carbocycles. The van der Waals surface area contributed by atoms with E-state index >= 15 is 0 Å². The van der Waals surface area contributed by atoms with Crippen LogP contribution in [0.15, 0.2) is 18.2 Å². The molecule has 1 saturated heterocycles. The van der Waals surface area contributed by atoms with Gasteiger partial charge in [-0.25, -0.2) is 4.98 Å². The molecule has 2 N–H and O–H groups in total. The molecule has 20 heavy (non-hydrogen) atoms. The molecule has 1 atom stereocenters. The molecule has 1 amide bonds. The Balaban J connectivity index is 1.59. The van der Waals surface area contributed by atoms with Crippen molar-refractivity contribution in [3.05, 3.63) is 29.6 Å². The van der Waals surface area contributed by atoms with Crippen LogP contribution in [-0.4, -0.2) is 29.1 Å². The summed E-state index contributed by atoms with van der Waals surface area (Å²) in [5, 5.41) is 2.92. The number of para-hydroxylation sites is 1. The zero-order chi connectivity index (χ0) is 13.9. The van der Waals surface area contributed by atoms with Gasteiger partial charge in [0.05, 0.1) is 17.6 Å². The van der Waals surface area contributed by atoms with Crippen molar-refractivity contribution in [3.63, 3.8) is 0 Å². The predicted octanol–water partition coefficient (Wildman–Crippen LogP) is 1.91. The van der Waals surface area contributed by atoms with Crippen molar-refractivity contribution < 1.29 is 9.53 Å². The van der Waals surface area contributed by atoms with Crippen LogP contribution >= 0.6 is 0 Å². The Morgan fingerprint density at radius 1 is 1.55 bits per heavy atom. The number of ether oxygens (including phenoxy) is 1. The molecule has 1 aliphatic heterocycles. The highest BCUT2D eigenvalue weighted by atomic mass is 16.5. The van der Waals surface area contributed by atoms with Crippen molar-refractivity contribution in [1.29, 1.82) is 0 Å². The number of amides is 1. The number of aryl methyl sites for hydroxylation is 1. The molecule has 3 rings (SSSR count). The third kappa shape index (κ3) is 2.82. The Morgan fingerprint density at radius 2 is 2.45 bits per heavy atom. The predicted molar refractivity (Wildman–Crippen MR) is 76.2 cm³/mol. The lowest BCUT2D eigenvalue weighted by Gasteiger charge is -2.07. The lowest BCUT2D eigenvalue weighted by molar-refractivity contribution is -0.122. The van der Waals surface area contributed by atoms with E-state index in [1.807, 2.05) is 25.1 Å². The van der Waals surface area contributed by atoms with E-state index in [1.165, 1.54) is 0 Å². The number of hydrogen-bond donors (Lipinski definition) is 2. The number of aromatic nitrogens is 2. The van der Waals surface area contributed by atoms with Crippen LogP contribution in [0.5, 0.6) is 0 Å². The van der Waals surface area contributed by atoms with Crippen molar-refractivity contribution >= 4 is 16.9 Å². The van der Waals surface area contributed by atoms with Crippen LogP contribution in [0.3, 0.4) is 0 Å². The summed E-state index contributed by atoms with van der Waals surface area (Å²) >= 11 is 0. The van der Waals surface area contributed by atoms with Gasteiger partial charge in [-0.3, -0.25) is 4.79 Å². The number of nitrogens with one attached hydrogen (secondary N) is 2. The number of carbonyl (C=O) groups excluding carboxylic acids is 1. The Kier molecular flexibility index (Phi) is 3.69. The van der Waals surface area contributed by atoms with Crippen LogP contribution in [0.1, 0.15) is 24.2 Å². The molecule has 2 heterocycles. The van der Waals surface area contributed by atoms with Crippen LogP contribution < -0.4 is 5.32 Å². The average molecular weight is 273 g/mol. The minimum Gasteiger partial charge on any atom is -0.381 e. The second-order valence-electron chi connectivity index (χ2n) is 5.37. The zero-order valence-corrected chi connectivity index (χ0v) is 11.6. The van der Waals surface area contributed by atoms with Crippen LogP contribution in [-0.2, 0) is 16.1 Å². The molecular formula is C15H19N3O2. The Labute approximate surface area is 117 Å². The fourth-order valence-corrected chi connectivity index (χ4v) is 2.57. The molecular weight excluding hydrogens is 254 g/mol. The van der Waals surface area contributed by atoms with Gasteiger partial charge in [0, 0.05) is 19.6 Å². The number of hydrogen-bond acceptors (Lipinski definition) is 3. The summed E-state index contributed by atoms with van der Waals surface area (Å²) in [5.41, 5.74) is 3.12. The number of benzene rings is 1. The number of carbonyl (C=O) groups is 1. The normalized spacial score (nSPS) is 18.6. The molecule has 0 spiro atoms. The quantitative estimate of drug-likeness (QED) is 0.894. The van der Waals surface area contributed by atoms with E-state index in [0.717, 1.165) is 35.4 Å². The first-order chi connectivity index (χ1) is 9.72. The summed E-state index contributed by atoms with van der Waals surface area (Å²) in [6.45, 7) is 3.96. The average Bonchev–Trinajstić information content (AvgIpc) is 3.06. The molecule has 106 valence electrons. The monoisotopic (exact) mass is 273 g/mol. The van der Waals surface area contributed by atoms with Crippen LogP contribution in [0.4, 0.5) is 0 Å². The smallest absolute Gasteiger partial charge is 0.220 e. The van der Waals surface area contributed by atoms with E-state index in [1.54, 1.807) is 0 Å². The first-order valence-electron chi connectivity index (χ1n) is 7.01. The van der Waals surface area contributed by atoms with Crippen molar-refractivity contribution in [2.45, 2.75) is 26.3 Å². The molecule has 5 heteroatoms. The zero-order valence-electron chi connectivity index (χ0n) is 11.6. The first kappa shape index (κ1) is 13.1. The third-order valence-electron chi connectivity index (χ3n) is 3.71. The van der Waals surface area contributed by atoms with E-state index in [4.69, 9.17) is 4.74 Å². The minimum absolute atomic E-state index is 0.0673. The van der Waals surface area contributed by atoms with Crippen molar-refractivity contribution in [2.24, 2.45) is 5.92 Å². The molecule has 1 aromatic heterocycles. The Morgan fingerprint density at radius 3 is 3.20 bits per heavy atom. The number of nitrogens with zero attached hydrogens (tertiary/aromatic N) is 1. The third-order valence-corrected chi connectivity index (χ3v) is 3.71. The summed E-state index contributed by atoms with van der Waals surface area (Å²) in [7, 11) is 0. The molecule has 0 bridgehead atoms. The van der Waals surface area contributed by atoms with Gasteiger partial charge in [-0.15, -0.1) is 0 Å². The summed E-state index contributed by atoms with van der Waals surface area (Å²) < 4.78 is 5.28. The van der Waals surface area contributed by atoms with Gasteiger partial charge in [0.15, 0.2) is 0 Å². The standard InChI is InChI=1S/C15H19N3O2/c1-10-3-2-4-12-15(10)18-13(17-12)8-16-14(19)7-11-5-6-20-9-11/h2-4,11H,5-9H2,1H3,(H,16,19)(H,17,18). The molecule has 2 aromatic rings. The van der Waals surface area contributed by atoms with Gasteiger partial charge >= 0.3 is 0 Å². The Bertz CT molecular complexity index is 615. The second-order valence-corrected chi connectivity index (χ2v) is 5.37. The maximum atomic E-state index is 11.8. The number of rotatable bonds is 4. The number of imidazole rings is 1. The van der Waals surface area contributed by atoms with Gasteiger partial charge in [-0.2, -0.15) is 0 Å². The van der Waals surface area contributed by atoms with Crippen LogP contribution in [0, 0.1) is 12.8 Å². The molecule has 1 aliphatic rings. The minimum atomic E-state index is 0.0673. The molecule has 1 aromatic carbocycles. The van der Waals surface area contributed by atoms with Crippen molar-refractivity contribution in [1.82, 2.24) is 15.3 Å². The van der Waals surface area contributed by atoms with Gasteiger partial charge in [-0.05, 0) is 30.9 Å². The van der Waals surface area contributed by atoms with Gasteiger partial charge in [0.2, 0.25) is 5.91 Å². The maximum absolute atomic E-state index is 11.8. The summed E-state index contributed by atoms with van der Waals surface area (Å²) in [6.07, 6.45) is 1.52. The van der Waals surface area contributed by atoms with Crippen molar-refractivity contribution in [2.75, 3.05) is 13.2 Å². The number of H-pyrrole nitrogens is 1. The first-order valence-corrected chi connectivity index (χ1v) is 7.01. The van der Waals surface area contributed by atoms with E-state index in [-0.39, 0.29) is 5.91 Å². The summed E-state index contributed by atoms with van der Waals surface area (Å²) in [5.74, 6) is 1.23. The van der Waals surface area contributed by atoms with E-state index in [0.29, 0.717) is 25.5 Å². The Hall–Kier alpha value is -1.88. The van der Waals surface area contributed by atoms with Crippen molar-refractivity contribution in [3.8, 4) is 0 Å². The van der Waals surface area contributed by atoms with Crippen LogP contribution in [0.25, 0.3) is 11.0 Å². The van der Waals surface area contributed by atoms with Gasteiger partial charge in [0.25, 0.3) is 0 Å². The number of fused-ring (bicyclic) bond motifs is 1. The molecule has 1 unspecified atom stereocenters. The second kappa shape index (κ2) is 5.63. The van der Waals surface area contributed by atoms with E-state index in [9.17, 15) is 4.79 Å². The fourth-order valence-electron chi connectivity index (χ4n) is 2.57. The maximum Gasteiger partial charge on any atom is 0.220 e. The highest BCUT2D eigenvalue weighted by molar-refractivity contribution is 5.79. The highest BCUT2D eigenvalue weighted by Crippen LogP contribution is 2.17. The lowest BCUT2D eigenvalue weighted by atomic mass is 10.1. The van der Waals surface area contributed by atoms with Crippen LogP contribution in [0.2, 0.25) is 0 Å². The number of aromatic amines is 1. The van der Waals surface area contributed by atoms with Gasteiger partial charge < -0.3 is 15.0 Å². The molecule has 0 radical (unpaired) electrons. The van der Waals surface area contributed by atoms with Gasteiger partial charge in [0.1, 0.15) is 5.82 Å². The van der Waals surface area contributed by atoms with Gasteiger partial charge in [-0.1, -0.05) is 12.1 Å². The highest BCUT2D eigenvalue weighted by Gasteiger charge is 2.19. The molecule has 5 nitrogen and oxygen atoms in total. The molecule has 1 fully saturated rings. The topological polar surface area (TPSA) is 67.0 Å². The fraction of sp³-hybridized carbons (Fsp3) is 0.467. The van der Waals surface area contributed by atoms with E-state index < -0.39 is 0 Å². The lowest BCUT2D eigenvalue weighted by Crippen LogP contribution is -2.25. The molecule has 0 saturated carbocycles. The SMILES string of the molecule is Cc1cccc2[nH]c(CNC(=O)CC3CCOC3)nc12. The largest absolute Gasteiger partial charge is 0.381 e.